The molecule has 0 aliphatic carbocycles. The van der Waals surface area contributed by atoms with Crippen LogP contribution < -0.4 is 0 Å². The molecule has 3 heteroatoms. The smallest absolute Gasteiger partial charge is 0.123 e. The van der Waals surface area contributed by atoms with Gasteiger partial charge in [0.1, 0.15) is 11.6 Å². The zero-order chi connectivity index (χ0) is 11.8. The number of hydrogen-bond acceptors (Lipinski definition) is 0. The third kappa shape index (κ3) is 1.80. The molecule has 3 rings (SSSR count). The van der Waals surface area contributed by atoms with Crippen LogP contribution in [0.3, 0.4) is 0 Å². The monoisotopic (exact) mass is 229 g/mol. The fraction of sp³-hybridized carbons (Fsp3) is 0. The lowest BCUT2D eigenvalue weighted by molar-refractivity contribution is 0.628. The molecule has 84 valence electrons. The molecule has 0 saturated heterocycles. The summed E-state index contributed by atoms with van der Waals surface area (Å²) in [6, 6.07) is 12.6. The van der Waals surface area contributed by atoms with E-state index in [1.54, 1.807) is 12.1 Å². The molecule has 1 N–H and O–H groups in total. The van der Waals surface area contributed by atoms with Gasteiger partial charge in [0.05, 0.1) is 0 Å². The lowest BCUT2D eigenvalue weighted by Crippen LogP contribution is -1.78. The van der Waals surface area contributed by atoms with Crippen molar-refractivity contribution in [1.29, 1.82) is 0 Å². The first-order valence-electron chi connectivity index (χ1n) is 5.26. The van der Waals surface area contributed by atoms with E-state index < -0.39 is 0 Å². The van der Waals surface area contributed by atoms with Crippen LogP contribution in [0.2, 0.25) is 0 Å². The predicted octanol–water partition coefficient (Wildman–Crippen LogP) is 4.11. The molecule has 0 radical (unpaired) electrons. The highest BCUT2D eigenvalue weighted by Gasteiger charge is 2.04. The van der Waals surface area contributed by atoms with E-state index in [2.05, 4.69) is 4.98 Å². The summed E-state index contributed by atoms with van der Waals surface area (Å²) in [5.41, 5.74) is 2.37. The van der Waals surface area contributed by atoms with E-state index in [-0.39, 0.29) is 11.6 Å². The molecule has 0 aliphatic heterocycles. The van der Waals surface area contributed by atoms with E-state index in [0.29, 0.717) is 0 Å². The third-order valence-electron chi connectivity index (χ3n) is 2.72. The van der Waals surface area contributed by atoms with Crippen molar-refractivity contribution < 1.29 is 8.78 Å². The van der Waals surface area contributed by atoms with Crippen LogP contribution in [0.1, 0.15) is 0 Å². The SMILES string of the molecule is Fc1cccc(-c2cc3cc(F)ccc3[nH]2)c1. The van der Waals surface area contributed by atoms with Crippen LogP contribution in [-0.4, -0.2) is 4.98 Å². The van der Waals surface area contributed by atoms with Crippen molar-refractivity contribution in [3.05, 3.63) is 60.2 Å². The van der Waals surface area contributed by atoms with Crippen LogP contribution in [0.25, 0.3) is 22.2 Å². The maximum Gasteiger partial charge on any atom is 0.123 e. The van der Waals surface area contributed by atoms with E-state index >= 15 is 0 Å². The van der Waals surface area contributed by atoms with Gasteiger partial charge in [-0.3, -0.25) is 0 Å². The van der Waals surface area contributed by atoms with Crippen molar-refractivity contribution in [2.75, 3.05) is 0 Å². The van der Waals surface area contributed by atoms with E-state index in [9.17, 15) is 8.78 Å². The van der Waals surface area contributed by atoms with Gasteiger partial charge in [-0.15, -0.1) is 0 Å². The molecule has 0 unspecified atom stereocenters. The average Bonchev–Trinajstić information content (AvgIpc) is 2.72. The molecule has 0 atom stereocenters. The van der Waals surface area contributed by atoms with Gasteiger partial charge < -0.3 is 4.98 Å². The third-order valence-corrected chi connectivity index (χ3v) is 2.72. The average molecular weight is 229 g/mol. The van der Waals surface area contributed by atoms with Gasteiger partial charge in [0.25, 0.3) is 0 Å². The summed E-state index contributed by atoms with van der Waals surface area (Å²) in [6.07, 6.45) is 0. The molecule has 1 nitrogen and oxygen atoms in total. The number of hydrogen-bond donors (Lipinski definition) is 1. The molecule has 0 fully saturated rings. The second kappa shape index (κ2) is 3.70. The largest absolute Gasteiger partial charge is 0.355 e. The number of benzene rings is 2. The number of nitrogens with one attached hydrogen (secondary N) is 1. The van der Waals surface area contributed by atoms with Crippen LogP contribution >= 0.6 is 0 Å². The Morgan fingerprint density at radius 1 is 0.824 bits per heavy atom. The molecule has 2 aromatic carbocycles. The normalized spacial score (nSPS) is 10.9. The van der Waals surface area contributed by atoms with Gasteiger partial charge in [0.2, 0.25) is 0 Å². The first-order valence-corrected chi connectivity index (χ1v) is 5.26. The second-order valence-corrected chi connectivity index (χ2v) is 3.92. The molecule has 17 heavy (non-hydrogen) atoms. The number of rotatable bonds is 1. The first-order chi connectivity index (χ1) is 8.22. The number of H-pyrrole nitrogens is 1. The van der Waals surface area contributed by atoms with Crippen LogP contribution in [-0.2, 0) is 0 Å². The second-order valence-electron chi connectivity index (χ2n) is 3.92. The maximum atomic E-state index is 13.1. The molecule has 0 amide bonds. The Morgan fingerprint density at radius 2 is 1.65 bits per heavy atom. The highest BCUT2D eigenvalue weighted by atomic mass is 19.1. The van der Waals surface area contributed by atoms with Gasteiger partial charge in [0.15, 0.2) is 0 Å². The summed E-state index contributed by atoms with van der Waals surface area (Å²) in [6.45, 7) is 0. The van der Waals surface area contributed by atoms with Crippen LogP contribution in [0.15, 0.2) is 48.5 Å². The summed E-state index contributed by atoms with van der Waals surface area (Å²) in [5, 5.41) is 0.782. The van der Waals surface area contributed by atoms with Gasteiger partial charge in [-0.25, -0.2) is 8.78 Å². The molecular formula is C14H9F2N. The maximum absolute atomic E-state index is 13.1. The predicted molar refractivity (Wildman–Crippen MR) is 63.7 cm³/mol. The molecule has 1 aromatic heterocycles. The van der Waals surface area contributed by atoms with Crippen LogP contribution in [0.4, 0.5) is 8.78 Å². The minimum atomic E-state index is -0.285. The Labute approximate surface area is 96.7 Å². The van der Waals surface area contributed by atoms with Crippen molar-refractivity contribution in [3.63, 3.8) is 0 Å². The first kappa shape index (κ1) is 10.0. The van der Waals surface area contributed by atoms with Crippen molar-refractivity contribution in [3.8, 4) is 11.3 Å². The highest BCUT2D eigenvalue weighted by Crippen LogP contribution is 2.24. The number of halogens is 2. The van der Waals surface area contributed by atoms with Crippen molar-refractivity contribution >= 4 is 10.9 Å². The van der Waals surface area contributed by atoms with Gasteiger partial charge in [-0.2, -0.15) is 0 Å². The van der Waals surface area contributed by atoms with Crippen molar-refractivity contribution in [1.82, 2.24) is 4.98 Å². The lowest BCUT2D eigenvalue weighted by atomic mass is 10.1. The van der Waals surface area contributed by atoms with E-state index in [1.165, 1.54) is 24.3 Å². The van der Waals surface area contributed by atoms with Crippen molar-refractivity contribution in [2.24, 2.45) is 0 Å². The summed E-state index contributed by atoms with van der Waals surface area (Å²) in [7, 11) is 0. The molecule has 0 saturated carbocycles. The summed E-state index contributed by atoms with van der Waals surface area (Å²) < 4.78 is 26.1. The van der Waals surface area contributed by atoms with Gasteiger partial charge in [-0.05, 0) is 36.4 Å². The van der Waals surface area contributed by atoms with Gasteiger partial charge in [-0.1, -0.05) is 12.1 Å². The Hall–Kier alpha value is -2.16. The fourth-order valence-electron chi connectivity index (χ4n) is 1.92. The van der Waals surface area contributed by atoms with Crippen LogP contribution in [0.5, 0.6) is 0 Å². The Bertz CT molecular complexity index is 686. The Kier molecular flexibility index (Phi) is 2.18. The summed E-state index contributed by atoms with van der Waals surface area (Å²) >= 11 is 0. The number of fused-ring (bicyclic) bond motifs is 1. The van der Waals surface area contributed by atoms with E-state index in [4.69, 9.17) is 0 Å². The van der Waals surface area contributed by atoms with E-state index in [1.807, 2.05) is 12.1 Å². The van der Waals surface area contributed by atoms with Gasteiger partial charge >= 0.3 is 0 Å². The lowest BCUT2D eigenvalue weighted by Gasteiger charge is -1.96. The van der Waals surface area contributed by atoms with Crippen molar-refractivity contribution in [2.45, 2.75) is 0 Å². The minimum Gasteiger partial charge on any atom is -0.355 e. The quantitative estimate of drug-likeness (QED) is 0.646. The summed E-state index contributed by atoms with van der Waals surface area (Å²) in [4.78, 5) is 3.13. The number of aromatic nitrogens is 1. The number of aromatic amines is 1. The zero-order valence-electron chi connectivity index (χ0n) is 8.87. The highest BCUT2D eigenvalue weighted by molar-refractivity contribution is 5.85. The molecule has 1 heterocycles. The minimum absolute atomic E-state index is 0.276. The molecule has 0 spiro atoms. The Morgan fingerprint density at radius 3 is 2.47 bits per heavy atom. The molecule has 0 aliphatic rings. The van der Waals surface area contributed by atoms with Crippen LogP contribution in [0, 0.1) is 11.6 Å². The Balaban J connectivity index is 2.18. The fourth-order valence-corrected chi connectivity index (χ4v) is 1.92. The standard InChI is InChI=1S/C14H9F2N/c15-11-3-1-2-9(6-11)14-8-10-7-12(16)4-5-13(10)17-14/h1-8,17H. The van der Waals surface area contributed by atoms with E-state index in [0.717, 1.165) is 22.2 Å². The summed E-state index contributed by atoms with van der Waals surface area (Å²) in [5.74, 6) is -0.561. The molecule has 0 bridgehead atoms. The molecule has 3 aromatic rings. The zero-order valence-corrected chi connectivity index (χ0v) is 8.87. The van der Waals surface area contributed by atoms with Gasteiger partial charge in [0, 0.05) is 22.2 Å². The topological polar surface area (TPSA) is 15.8 Å². The molecular weight excluding hydrogens is 220 g/mol.